The molecule has 12 heavy (non-hydrogen) atoms. The van der Waals surface area contributed by atoms with Crippen LogP contribution in [0.25, 0.3) is 0 Å². The number of hydrogen-bond donors (Lipinski definition) is 3. The Bertz CT molecular complexity index is 155. The fourth-order valence-electron chi connectivity index (χ4n) is 1.24. The van der Waals surface area contributed by atoms with Crippen LogP contribution in [-0.4, -0.2) is 30.4 Å². The maximum atomic E-state index is 8.29. The van der Waals surface area contributed by atoms with E-state index in [0.29, 0.717) is 12.6 Å². The summed E-state index contributed by atoms with van der Waals surface area (Å²) in [6.45, 7) is 1.46. The summed E-state index contributed by atoms with van der Waals surface area (Å²) >= 11 is 0. The van der Waals surface area contributed by atoms with E-state index in [-0.39, 0.29) is 5.96 Å². The van der Waals surface area contributed by atoms with E-state index in [1.54, 1.807) is 5.48 Å². The monoisotopic (exact) mass is 173 g/mol. The molecule has 1 atom stereocenters. The molecule has 1 rings (SSSR count). The minimum Gasteiger partial charge on any atom is -0.378 e. The van der Waals surface area contributed by atoms with Crippen molar-refractivity contribution in [3.63, 3.8) is 0 Å². The van der Waals surface area contributed by atoms with Crippen molar-refractivity contribution in [2.45, 2.75) is 25.4 Å². The summed E-state index contributed by atoms with van der Waals surface area (Å²) in [6, 6.07) is 0. The van der Waals surface area contributed by atoms with Crippen LogP contribution in [0.2, 0.25) is 0 Å². The summed E-state index contributed by atoms with van der Waals surface area (Å²) in [5.74, 6) is 0.0630. The lowest BCUT2D eigenvalue weighted by Crippen LogP contribution is -2.28. The molecule has 1 fully saturated rings. The number of guanidine groups is 1. The summed E-state index contributed by atoms with van der Waals surface area (Å²) in [6.07, 6.45) is 3.46. The van der Waals surface area contributed by atoms with E-state index in [4.69, 9.17) is 15.7 Å². The maximum absolute atomic E-state index is 8.29. The van der Waals surface area contributed by atoms with Crippen molar-refractivity contribution in [1.29, 1.82) is 0 Å². The molecule has 0 radical (unpaired) electrons. The molecule has 70 valence electrons. The lowest BCUT2D eigenvalue weighted by Gasteiger charge is -2.06. The Morgan fingerprint density at radius 1 is 1.75 bits per heavy atom. The Hall–Kier alpha value is -0.810. The lowest BCUT2D eigenvalue weighted by atomic mass is 10.2. The maximum Gasteiger partial charge on any atom is 0.212 e. The van der Waals surface area contributed by atoms with E-state index in [1.165, 1.54) is 0 Å². The quantitative estimate of drug-likeness (QED) is 0.315. The van der Waals surface area contributed by atoms with Gasteiger partial charge in [-0.25, -0.2) is 5.48 Å². The van der Waals surface area contributed by atoms with Crippen LogP contribution >= 0.6 is 0 Å². The molecule has 0 amide bonds. The zero-order valence-corrected chi connectivity index (χ0v) is 6.99. The van der Waals surface area contributed by atoms with Crippen molar-refractivity contribution in [3.8, 4) is 0 Å². The van der Waals surface area contributed by atoms with E-state index in [9.17, 15) is 0 Å². The summed E-state index contributed by atoms with van der Waals surface area (Å²) in [4.78, 5) is 3.86. The van der Waals surface area contributed by atoms with E-state index >= 15 is 0 Å². The highest BCUT2D eigenvalue weighted by molar-refractivity contribution is 5.76. The van der Waals surface area contributed by atoms with Gasteiger partial charge in [0, 0.05) is 13.2 Å². The van der Waals surface area contributed by atoms with Crippen molar-refractivity contribution >= 4 is 5.96 Å². The van der Waals surface area contributed by atoms with Gasteiger partial charge in [0.2, 0.25) is 5.96 Å². The molecule has 5 heteroatoms. The van der Waals surface area contributed by atoms with Crippen molar-refractivity contribution in [2.75, 3.05) is 13.2 Å². The molecule has 1 saturated heterocycles. The predicted molar refractivity (Wildman–Crippen MR) is 45.0 cm³/mol. The summed E-state index contributed by atoms with van der Waals surface area (Å²) in [5.41, 5.74) is 6.98. The molecular formula is C7H15N3O2. The van der Waals surface area contributed by atoms with Crippen molar-refractivity contribution < 1.29 is 9.94 Å². The standard InChI is InChI=1S/C7H15N3O2/c8-7(10-11)9-4-3-6-2-1-5-12-6/h6,11H,1-5H2,(H3,8,9,10). The van der Waals surface area contributed by atoms with Crippen LogP contribution < -0.4 is 11.2 Å². The molecule has 1 aliphatic heterocycles. The molecule has 0 aromatic carbocycles. The fraction of sp³-hybridized carbons (Fsp3) is 0.857. The largest absolute Gasteiger partial charge is 0.378 e. The molecular weight excluding hydrogens is 158 g/mol. The molecule has 0 aromatic heterocycles. The van der Waals surface area contributed by atoms with Gasteiger partial charge in [0.25, 0.3) is 0 Å². The minimum absolute atomic E-state index is 0.0630. The highest BCUT2D eigenvalue weighted by atomic mass is 16.5. The number of aliphatic imine (C=N–C) groups is 1. The van der Waals surface area contributed by atoms with E-state index < -0.39 is 0 Å². The Morgan fingerprint density at radius 2 is 2.58 bits per heavy atom. The molecule has 0 aliphatic carbocycles. The first-order valence-electron chi connectivity index (χ1n) is 4.14. The smallest absolute Gasteiger partial charge is 0.212 e. The van der Waals surface area contributed by atoms with Gasteiger partial charge < -0.3 is 10.5 Å². The molecule has 0 saturated carbocycles. The SMILES string of the molecule is NC(=NCCC1CCCO1)NO. The van der Waals surface area contributed by atoms with Crippen LogP contribution in [0.3, 0.4) is 0 Å². The molecule has 1 unspecified atom stereocenters. The summed E-state index contributed by atoms with van der Waals surface area (Å²) in [5, 5.41) is 8.29. The zero-order chi connectivity index (χ0) is 8.81. The van der Waals surface area contributed by atoms with Gasteiger partial charge in [0.05, 0.1) is 6.10 Å². The van der Waals surface area contributed by atoms with Crippen LogP contribution in [-0.2, 0) is 4.74 Å². The van der Waals surface area contributed by atoms with Crippen molar-refractivity contribution in [1.82, 2.24) is 5.48 Å². The number of nitrogens with one attached hydrogen (secondary N) is 1. The molecule has 0 spiro atoms. The van der Waals surface area contributed by atoms with Crippen LogP contribution in [0, 0.1) is 0 Å². The van der Waals surface area contributed by atoms with Gasteiger partial charge in [-0.1, -0.05) is 0 Å². The predicted octanol–water partition coefficient (Wildman–Crippen LogP) is -0.151. The first-order chi connectivity index (χ1) is 5.83. The van der Waals surface area contributed by atoms with Gasteiger partial charge in [-0.2, -0.15) is 0 Å². The Kier molecular flexibility index (Phi) is 3.83. The van der Waals surface area contributed by atoms with Gasteiger partial charge in [-0.05, 0) is 19.3 Å². The normalized spacial score (nSPS) is 24.4. The second-order valence-electron chi connectivity index (χ2n) is 2.80. The average molecular weight is 173 g/mol. The first-order valence-corrected chi connectivity index (χ1v) is 4.14. The average Bonchev–Trinajstić information content (AvgIpc) is 2.57. The van der Waals surface area contributed by atoms with Crippen molar-refractivity contribution in [2.24, 2.45) is 10.7 Å². The van der Waals surface area contributed by atoms with Gasteiger partial charge in [-0.3, -0.25) is 10.2 Å². The number of hydrogen-bond acceptors (Lipinski definition) is 3. The molecule has 4 N–H and O–H groups in total. The highest BCUT2D eigenvalue weighted by Gasteiger charge is 2.14. The highest BCUT2D eigenvalue weighted by Crippen LogP contribution is 2.14. The number of rotatable bonds is 3. The fourth-order valence-corrected chi connectivity index (χ4v) is 1.24. The first kappa shape index (κ1) is 9.28. The lowest BCUT2D eigenvalue weighted by molar-refractivity contribution is 0.106. The minimum atomic E-state index is 0.0630. The second kappa shape index (κ2) is 4.95. The van der Waals surface area contributed by atoms with E-state index in [1.807, 2.05) is 0 Å². The van der Waals surface area contributed by atoms with Crippen LogP contribution in [0.4, 0.5) is 0 Å². The topological polar surface area (TPSA) is 79.9 Å². The summed E-state index contributed by atoms with van der Waals surface area (Å²) in [7, 11) is 0. The Morgan fingerprint density at radius 3 is 3.17 bits per heavy atom. The third-order valence-corrected chi connectivity index (χ3v) is 1.87. The Balaban J connectivity index is 2.08. The van der Waals surface area contributed by atoms with Crippen molar-refractivity contribution in [3.05, 3.63) is 0 Å². The zero-order valence-electron chi connectivity index (χ0n) is 6.99. The molecule has 5 nitrogen and oxygen atoms in total. The molecule has 1 heterocycles. The van der Waals surface area contributed by atoms with Crippen LogP contribution in [0.1, 0.15) is 19.3 Å². The number of nitrogens with two attached hydrogens (primary N) is 1. The number of ether oxygens (including phenoxy) is 1. The van der Waals surface area contributed by atoms with Gasteiger partial charge >= 0.3 is 0 Å². The van der Waals surface area contributed by atoms with Gasteiger partial charge in [0.1, 0.15) is 0 Å². The van der Waals surface area contributed by atoms with Crippen LogP contribution in [0.15, 0.2) is 4.99 Å². The number of hydroxylamine groups is 1. The second-order valence-corrected chi connectivity index (χ2v) is 2.80. The van der Waals surface area contributed by atoms with Gasteiger partial charge in [0.15, 0.2) is 0 Å². The number of nitrogens with zero attached hydrogens (tertiary/aromatic N) is 1. The van der Waals surface area contributed by atoms with E-state index in [0.717, 1.165) is 25.9 Å². The molecule has 0 aromatic rings. The third-order valence-electron chi connectivity index (χ3n) is 1.87. The third kappa shape index (κ3) is 3.06. The van der Waals surface area contributed by atoms with Crippen LogP contribution in [0.5, 0.6) is 0 Å². The summed E-state index contributed by atoms with van der Waals surface area (Å²) < 4.78 is 5.38. The molecule has 1 aliphatic rings. The Labute approximate surface area is 71.6 Å². The van der Waals surface area contributed by atoms with Gasteiger partial charge in [-0.15, -0.1) is 0 Å². The van der Waals surface area contributed by atoms with E-state index in [2.05, 4.69) is 4.99 Å². The molecule has 0 bridgehead atoms.